The smallest absolute Gasteiger partial charge is 0.271 e. The topological polar surface area (TPSA) is 72.2 Å². The Morgan fingerprint density at radius 3 is 2.55 bits per heavy atom. The molecule has 2 aromatic rings. The Kier molecular flexibility index (Phi) is 4.47. The molecular weight excluding hydrogens is 324 g/mol. The van der Waals surface area contributed by atoms with E-state index in [4.69, 9.17) is 0 Å². The summed E-state index contributed by atoms with van der Waals surface area (Å²) < 4.78 is 0.497. The van der Waals surface area contributed by atoms with Crippen LogP contribution in [0.15, 0.2) is 53.0 Å². The molecule has 2 rings (SSSR count). The average molecular weight is 335 g/mol. The summed E-state index contributed by atoms with van der Waals surface area (Å²) in [4.78, 5) is 22.2. The van der Waals surface area contributed by atoms with E-state index in [0.717, 1.165) is 5.56 Å². The third-order valence-electron chi connectivity index (χ3n) is 2.65. The van der Waals surface area contributed by atoms with E-state index in [1.807, 2.05) is 30.3 Å². The largest absolute Gasteiger partial charge is 0.348 e. The van der Waals surface area contributed by atoms with Gasteiger partial charge in [0, 0.05) is 28.7 Å². The van der Waals surface area contributed by atoms with Crippen molar-refractivity contribution in [1.82, 2.24) is 5.32 Å². The van der Waals surface area contributed by atoms with Crippen molar-refractivity contribution >= 4 is 27.5 Å². The highest BCUT2D eigenvalue weighted by Gasteiger charge is 2.13. The molecule has 0 spiro atoms. The molecule has 6 heteroatoms. The van der Waals surface area contributed by atoms with E-state index in [-0.39, 0.29) is 17.2 Å². The summed E-state index contributed by atoms with van der Waals surface area (Å²) in [6, 6.07) is 13.6. The fourth-order valence-corrected chi connectivity index (χ4v) is 2.17. The number of nitrogens with zero attached hydrogens (tertiary/aromatic N) is 1. The molecule has 1 N–H and O–H groups in total. The van der Waals surface area contributed by atoms with E-state index in [9.17, 15) is 14.9 Å². The van der Waals surface area contributed by atoms with Crippen LogP contribution in [-0.4, -0.2) is 10.8 Å². The van der Waals surface area contributed by atoms with Crippen LogP contribution in [0.5, 0.6) is 0 Å². The summed E-state index contributed by atoms with van der Waals surface area (Å²) in [5.41, 5.74) is 1.09. The van der Waals surface area contributed by atoms with Crippen molar-refractivity contribution in [3.63, 3.8) is 0 Å². The van der Waals surface area contributed by atoms with Gasteiger partial charge >= 0.3 is 0 Å². The Labute approximate surface area is 123 Å². The van der Waals surface area contributed by atoms with Gasteiger partial charge in [-0.15, -0.1) is 0 Å². The first kappa shape index (κ1) is 14.2. The molecule has 0 aromatic heterocycles. The zero-order valence-electron chi connectivity index (χ0n) is 10.4. The first-order valence-electron chi connectivity index (χ1n) is 5.83. The summed E-state index contributed by atoms with van der Waals surface area (Å²) in [5, 5.41) is 13.5. The Morgan fingerprint density at radius 2 is 1.90 bits per heavy atom. The van der Waals surface area contributed by atoms with Crippen LogP contribution in [0.4, 0.5) is 5.69 Å². The van der Waals surface area contributed by atoms with Gasteiger partial charge in [0.15, 0.2) is 0 Å². The molecule has 0 heterocycles. The molecule has 0 atom stereocenters. The van der Waals surface area contributed by atoms with Crippen LogP contribution in [0.2, 0.25) is 0 Å². The lowest BCUT2D eigenvalue weighted by atomic mass is 10.1. The highest BCUT2D eigenvalue weighted by molar-refractivity contribution is 9.10. The lowest BCUT2D eigenvalue weighted by molar-refractivity contribution is -0.385. The number of nitro benzene ring substituents is 1. The van der Waals surface area contributed by atoms with Crippen LogP contribution in [0.25, 0.3) is 0 Å². The summed E-state index contributed by atoms with van der Waals surface area (Å²) in [7, 11) is 0. The number of carbonyl (C=O) groups is 1. The number of carbonyl (C=O) groups excluding carboxylic acids is 1. The molecule has 2 aromatic carbocycles. The van der Waals surface area contributed by atoms with Crippen LogP contribution in [0, 0.1) is 10.1 Å². The van der Waals surface area contributed by atoms with Crippen molar-refractivity contribution in [3.8, 4) is 0 Å². The fraction of sp³-hybridized carbons (Fsp3) is 0.0714. The maximum atomic E-state index is 12.0. The van der Waals surface area contributed by atoms with Gasteiger partial charge in [0.2, 0.25) is 0 Å². The van der Waals surface area contributed by atoms with Gasteiger partial charge in [-0.1, -0.05) is 46.3 Å². The van der Waals surface area contributed by atoms with E-state index in [2.05, 4.69) is 21.2 Å². The molecule has 1 amide bonds. The molecule has 0 aliphatic heterocycles. The lowest BCUT2D eigenvalue weighted by Crippen LogP contribution is -2.22. The number of rotatable bonds is 4. The minimum atomic E-state index is -0.529. The zero-order chi connectivity index (χ0) is 14.5. The molecule has 20 heavy (non-hydrogen) atoms. The Morgan fingerprint density at radius 1 is 1.20 bits per heavy atom. The SMILES string of the molecule is O=C(NCc1ccccc1)c1cc(Br)cc([N+](=O)[O-])c1. The Bertz CT molecular complexity index is 644. The zero-order valence-corrected chi connectivity index (χ0v) is 12.0. The summed E-state index contributed by atoms with van der Waals surface area (Å²) in [6.45, 7) is 0.375. The number of hydrogen-bond donors (Lipinski definition) is 1. The van der Waals surface area contributed by atoms with E-state index in [0.29, 0.717) is 11.0 Å². The number of hydrogen-bond acceptors (Lipinski definition) is 3. The average Bonchev–Trinajstić information content (AvgIpc) is 2.45. The van der Waals surface area contributed by atoms with Gasteiger partial charge in [0.25, 0.3) is 11.6 Å². The monoisotopic (exact) mass is 334 g/mol. The highest BCUT2D eigenvalue weighted by Crippen LogP contribution is 2.21. The quantitative estimate of drug-likeness (QED) is 0.688. The van der Waals surface area contributed by atoms with Crippen molar-refractivity contribution in [1.29, 1.82) is 0 Å². The number of non-ortho nitro benzene ring substituents is 1. The number of nitro groups is 1. The van der Waals surface area contributed by atoms with Crippen LogP contribution in [0.1, 0.15) is 15.9 Å². The molecule has 0 aliphatic rings. The molecule has 0 saturated heterocycles. The number of halogens is 1. The van der Waals surface area contributed by atoms with E-state index in [1.54, 1.807) is 6.07 Å². The second-order valence-electron chi connectivity index (χ2n) is 4.12. The molecule has 0 aliphatic carbocycles. The predicted octanol–water partition coefficient (Wildman–Crippen LogP) is 3.29. The van der Waals surface area contributed by atoms with Gasteiger partial charge < -0.3 is 5.32 Å². The van der Waals surface area contributed by atoms with Gasteiger partial charge in [-0.25, -0.2) is 0 Å². The van der Waals surface area contributed by atoms with Gasteiger partial charge in [-0.3, -0.25) is 14.9 Å². The van der Waals surface area contributed by atoms with E-state index < -0.39 is 4.92 Å². The van der Waals surface area contributed by atoms with Crippen LogP contribution < -0.4 is 5.32 Å². The lowest BCUT2D eigenvalue weighted by Gasteiger charge is -2.06. The van der Waals surface area contributed by atoms with Gasteiger partial charge in [-0.05, 0) is 11.6 Å². The highest BCUT2D eigenvalue weighted by atomic mass is 79.9. The number of benzene rings is 2. The maximum Gasteiger partial charge on any atom is 0.271 e. The minimum Gasteiger partial charge on any atom is -0.348 e. The predicted molar refractivity (Wildman–Crippen MR) is 78.4 cm³/mol. The summed E-state index contributed by atoms with van der Waals surface area (Å²) in [6.07, 6.45) is 0. The van der Waals surface area contributed by atoms with Gasteiger partial charge in [0.05, 0.1) is 4.92 Å². The van der Waals surface area contributed by atoms with Crippen molar-refractivity contribution < 1.29 is 9.72 Å². The number of nitrogens with one attached hydrogen (secondary N) is 1. The Hall–Kier alpha value is -2.21. The molecule has 102 valence electrons. The van der Waals surface area contributed by atoms with Crippen LogP contribution in [0.3, 0.4) is 0 Å². The van der Waals surface area contributed by atoms with Crippen molar-refractivity contribution in [2.24, 2.45) is 0 Å². The van der Waals surface area contributed by atoms with E-state index in [1.165, 1.54) is 12.1 Å². The third kappa shape index (κ3) is 3.64. The standard InChI is InChI=1S/C14H11BrN2O3/c15-12-6-11(7-13(8-12)17(19)20)14(18)16-9-10-4-2-1-3-5-10/h1-8H,9H2,(H,16,18). The summed E-state index contributed by atoms with van der Waals surface area (Å²) >= 11 is 3.16. The van der Waals surface area contributed by atoms with Gasteiger partial charge in [-0.2, -0.15) is 0 Å². The second kappa shape index (κ2) is 6.29. The molecule has 5 nitrogen and oxygen atoms in total. The third-order valence-corrected chi connectivity index (χ3v) is 3.11. The van der Waals surface area contributed by atoms with Crippen LogP contribution >= 0.6 is 15.9 Å². The first-order valence-corrected chi connectivity index (χ1v) is 6.62. The van der Waals surface area contributed by atoms with E-state index >= 15 is 0 Å². The number of amides is 1. The Balaban J connectivity index is 2.11. The van der Waals surface area contributed by atoms with Crippen LogP contribution in [-0.2, 0) is 6.54 Å². The maximum absolute atomic E-state index is 12.0. The minimum absolute atomic E-state index is 0.121. The molecule has 0 bridgehead atoms. The normalized spacial score (nSPS) is 10.1. The van der Waals surface area contributed by atoms with Crippen molar-refractivity contribution in [2.75, 3.05) is 0 Å². The second-order valence-corrected chi connectivity index (χ2v) is 5.04. The first-order chi connectivity index (χ1) is 9.56. The molecule has 0 fully saturated rings. The molecular formula is C14H11BrN2O3. The molecule has 0 saturated carbocycles. The van der Waals surface area contributed by atoms with Gasteiger partial charge in [0.1, 0.15) is 0 Å². The summed E-state index contributed by atoms with van der Waals surface area (Å²) in [5.74, 6) is -0.349. The molecule has 0 unspecified atom stereocenters. The molecule has 0 radical (unpaired) electrons. The van der Waals surface area contributed by atoms with Crippen molar-refractivity contribution in [3.05, 3.63) is 74.2 Å². The fourth-order valence-electron chi connectivity index (χ4n) is 1.69. The van der Waals surface area contributed by atoms with Crippen molar-refractivity contribution in [2.45, 2.75) is 6.54 Å².